The van der Waals surface area contributed by atoms with Crippen LogP contribution in [0.15, 0.2) is 37.9 Å². The molecule has 1 nitrogen and oxygen atoms in total. The molecule has 1 aromatic carbocycles. The molecule has 1 unspecified atom stereocenters. The normalized spacial score (nSPS) is 12.7. The van der Waals surface area contributed by atoms with Crippen LogP contribution in [-0.2, 0) is 0 Å². The van der Waals surface area contributed by atoms with Crippen molar-refractivity contribution in [1.29, 1.82) is 0 Å². The van der Waals surface area contributed by atoms with Gasteiger partial charge in [-0.1, -0.05) is 13.0 Å². The summed E-state index contributed by atoms with van der Waals surface area (Å²) in [5.41, 5.74) is 2.24. The van der Waals surface area contributed by atoms with Gasteiger partial charge in [0, 0.05) is 0 Å². The Labute approximate surface area is 127 Å². The van der Waals surface area contributed by atoms with Gasteiger partial charge in [-0.3, -0.25) is 0 Å². The van der Waals surface area contributed by atoms with Gasteiger partial charge in [0.25, 0.3) is 0 Å². The lowest BCUT2D eigenvalue weighted by molar-refractivity contribution is 0.609. The van der Waals surface area contributed by atoms with Crippen LogP contribution in [0.5, 0.6) is 0 Å². The van der Waals surface area contributed by atoms with Gasteiger partial charge in [-0.25, -0.2) is 4.39 Å². The van der Waals surface area contributed by atoms with Gasteiger partial charge >= 0.3 is 0 Å². The number of rotatable bonds is 4. The fourth-order valence-electron chi connectivity index (χ4n) is 1.80. The van der Waals surface area contributed by atoms with Crippen molar-refractivity contribution in [2.45, 2.75) is 13.0 Å². The zero-order valence-electron chi connectivity index (χ0n) is 9.71. The van der Waals surface area contributed by atoms with E-state index in [1.54, 1.807) is 11.3 Å². The standard InChI is InChI=1S/C13H12Br2FNS/c1-2-17-13(9-6-12(15)18-7-9)8-3-4-11(16)10(14)5-8/h3-7,13,17H,2H2,1H3. The fraction of sp³-hybridized carbons (Fsp3) is 0.231. The summed E-state index contributed by atoms with van der Waals surface area (Å²) < 4.78 is 14.9. The van der Waals surface area contributed by atoms with Crippen molar-refractivity contribution < 1.29 is 4.39 Å². The highest BCUT2D eigenvalue weighted by atomic mass is 79.9. The van der Waals surface area contributed by atoms with Crippen molar-refractivity contribution in [3.63, 3.8) is 0 Å². The first-order valence-corrected chi connectivity index (χ1v) is 8.00. The Bertz CT molecular complexity index is 542. The molecule has 0 fully saturated rings. The van der Waals surface area contributed by atoms with E-state index in [1.807, 2.05) is 12.1 Å². The van der Waals surface area contributed by atoms with Crippen molar-refractivity contribution in [3.05, 3.63) is 54.8 Å². The molecular weight excluding hydrogens is 381 g/mol. The van der Waals surface area contributed by atoms with E-state index in [-0.39, 0.29) is 11.9 Å². The summed E-state index contributed by atoms with van der Waals surface area (Å²) in [6, 6.07) is 7.32. The first-order chi connectivity index (χ1) is 8.61. The maximum atomic E-state index is 13.3. The number of nitrogens with one attached hydrogen (secondary N) is 1. The predicted molar refractivity (Wildman–Crippen MR) is 81.6 cm³/mol. The SMILES string of the molecule is CCNC(c1csc(Br)c1)c1ccc(F)c(Br)c1. The average molecular weight is 393 g/mol. The number of benzene rings is 1. The quantitative estimate of drug-likeness (QED) is 0.762. The summed E-state index contributed by atoms with van der Waals surface area (Å²) in [5.74, 6) is -0.236. The third kappa shape index (κ3) is 3.20. The first kappa shape index (κ1) is 14.2. The molecule has 0 aliphatic carbocycles. The molecule has 0 amide bonds. The molecule has 1 N–H and O–H groups in total. The molecule has 0 saturated carbocycles. The van der Waals surface area contributed by atoms with Crippen molar-refractivity contribution in [2.75, 3.05) is 6.54 Å². The van der Waals surface area contributed by atoms with Gasteiger partial charge in [-0.15, -0.1) is 11.3 Å². The van der Waals surface area contributed by atoms with E-state index in [0.717, 1.165) is 15.9 Å². The van der Waals surface area contributed by atoms with Crippen LogP contribution >= 0.6 is 43.2 Å². The van der Waals surface area contributed by atoms with Crippen molar-refractivity contribution >= 4 is 43.2 Å². The summed E-state index contributed by atoms with van der Waals surface area (Å²) in [4.78, 5) is 0. The van der Waals surface area contributed by atoms with E-state index in [4.69, 9.17) is 0 Å². The van der Waals surface area contributed by atoms with Crippen LogP contribution in [0.25, 0.3) is 0 Å². The first-order valence-electron chi connectivity index (χ1n) is 5.54. The molecule has 0 aliphatic rings. The topological polar surface area (TPSA) is 12.0 Å². The summed E-state index contributed by atoms with van der Waals surface area (Å²) >= 11 is 8.36. The molecular formula is C13H12Br2FNS. The van der Waals surface area contributed by atoms with E-state index < -0.39 is 0 Å². The van der Waals surface area contributed by atoms with Gasteiger partial charge in [-0.2, -0.15) is 0 Å². The Morgan fingerprint density at radius 3 is 2.61 bits per heavy atom. The van der Waals surface area contributed by atoms with Crippen LogP contribution in [0.1, 0.15) is 24.1 Å². The molecule has 2 aromatic rings. The van der Waals surface area contributed by atoms with Crippen LogP contribution in [-0.4, -0.2) is 6.54 Å². The van der Waals surface area contributed by atoms with Gasteiger partial charge < -0.3 is 5.32 Å². The second kappa shape index (κ2) is 6.28. The third-order valence-corrected chi connectivity index (χ3v) is 4.74. The summed E-state index contributed by atoms with van der Waals surface area (Å²) in [6.07, 6.45) is 0. The van der Waals surface area contributed by atoms with Crippen LogP contribution in [0.3, 0.4) is 0 Å². The maximum absolute atomic E-state index is 13.3. The van der Waals surface area contributed by atoms with E-state index in [0.29, 0.717) is 4.47 Å². The third-order valence-electron chi connectivity index (χ3n) is 2.61. The zero-order chi connectivity index (χ0) is 13.1. The number of thiophene rings is 1. The predicted octanol–water partition coefficient (Wildman–Crippen LogP) is 5.11. The van der Waals surface area contributed by atoms with Gasteiger partial charge in [0.15, 0.2) is 0 Å². The van der Waals surface area contributed by atoms with Gasteiger partial charge in [-0.05, 0) is 73.1 Å². The van der Waals surface area contributed by atoms with Crippen LogP contribution in [0.4, 0.5) is 4.39 Å². The van der Waals surface area contributed by atoms with E-state index in [2.05, 4.69) is 55.5 Å². The van der Waals surface area contributed by atoms with Crippen LogP contribution in [0, 0.1) is 5.82 Å². The molecule has 5 heteroatoms. The van der Waals surface area contributed by atoms with Gasteiger partial charge in [0.2, 0.25) is 0 Å². The second-order valence-corrected chi connectivity index (χ2v) is 6.99. The lowest BCUT2D eigenvalue weighted by Crippen LogP contribution is -2.21. The van der Waals surface area contributed by atoms with Crippen molar-refractivity contribution in [2.24, 2.45) is 0 Å². The fourth-order valence-corrected chi connectivity index (χ4v) is 3.40. The second-order valence-electron chi connectivity index (χ2n) is 3.85. The summed E-state index contributed by atoms with van der Waals surface area (Å²) in [7, 11) is 0. The summed E-state index contributed by atoms with van der Waals surface area (Å²) in [6.45, 7) is 2.92. The number of halogens is 3. The van der Waals surface area contributed by atoms with Crippen LogP contribution in [0.2, 0.25) is 0 Å². The van der Waals surface area contributed by atoms with E-state index in [9.17, 15) is 4.39 Å². The molecule has 0 aliphatic heterocycles. The highest BCUT2D eigenvalue weighted by Crippen LogP contribution is 2.31. The summed E-state index contributed by atoms with van der Waals surface area (Å²) in [5, 5.41) is 5.52. The average Bonchev–Trinajstić information content (AvgIpc) is 2.76. The Hall–Kier alpha value is -0.230. The molecule has 1 aromatic heterocycles. The lowest BCUT2D eigenvalue weighted by atomic mass is 10.0. The Balaban J connectivity index is 2.37. The number of hydrogen-bond donors (Lipinski definition) is 1. The van der Waals surface area contributed by atoms with Crippen molar-refractivity contribution in [3.8, 4) is 0 Å². The van der Waals surface area contributed by atoms with Crippen LogP contribution < -0.4 is 5.32 Å². The minimum absolute atomic E-state index is 0.0921. The van der Waals surface area contributed by atoms with E-state index in [1.165, 1.54) is 11.6 Å². The smallest absolute Gasteiger partial charge is 0.137 e. The van der Waals surface area contributed by atoms with Gasteiger partial charge in [0.1, 0.15) is 5.82 Å². The van der Waals surface area contributed by atoms with Gasteiger partial charge in [0.05, 0.1) is 14.3 Å². The molecule has 96 valence electrons. The Morgan fingerprint density at radius 2 is 2.06 bits per heavy atom. The highest BCUT2D eigenvalue weighted by Gasteiger charge is 2.15. The molecule has 1 heterocycles. The molecule has 0 saturated heterocycles. The molecule has 2 rings (SSSR count). The van der Waals surface area contributed by atoms with E-state index >= 15 is 0 Å². The largest absolute Gasteiger partial charge is 0.307 e. The molecule has 1 atom stereocenters. The van der Waals surface area contributed by atoms with Crippen molar-refractivity contribution in [1.82, 2.24) is 5.32 Å². The minimum Gasteiger partial charge on any atom is -0.307 e. The minimum atomic E-state index is -0.236. The lowest BCUT2D eigenvalue weighted by Gasteiger charge is -2.17. The zero-order valence-corrected chi connectivity index (χ0v) is 13.7. The molecule has 0 spiro atoms. The molecule has 0 bridgehead atoms. The molecule has 18 heavy (non-hydrogen) atoms. The Kier molecular flexibility index (Phi) is 4.95. The number of hydrogen-bond acceptors (Lipinski definition) is 2. The highest BCUT2D eigenvalue weighted by molar-refractivity contribution is 9.11. The monoisotopic (exact) mass is 391 g/mol. The Morgan fingerprint density at radius 1 is 1.28 bits per heavy atom. The molecule has 0 radical (unpaired) electrons. The maximum Gasteiger partial charge on any atom is 0.137 e.